The molecule has 0 fully saturated rings. The maximum absolute atomic E-state index is 5.93. The van der Waals surface area contributed by atoms with Crippen molar-refractivity contribution in [3.63, 3.8) is 0 Å². The maximum Gasteiger partial charge on any atom is 0.108 e. The quantitative estimate of drug-likeness (QED) is 0.770. The molecule has 0 saturated carbocycles. The minimum atomic E-state index is 0.309. The first-order valence-corrected chi connectivity index (χ1v) is 5.51. The lowest BCUT2D eigenvalue weighted by atomic mass is 9.90. The molecule has 0 amide bonds. The van der Waals surface area contributed by atoms with Crippen LogP contribution >= 0.6 is 0 Å². The van der Waals surface area contributed by atoms with Crippen molar-refractivity contribution in [1.82, 2.24) is 9.55 Å². The molecule has 3 nitrogen and oxygen atoms in total. The van der Waals surface area contributed by atoms with E-state index in [1.807, 2.05) is 6.20 Å². The lowest BCUT2D eigenvalue weighted by Crippen LogP contribution is -2.33. The van der Waals surface area contributed by atoms with Crippen LogP contribution in [-0.2, 0) is 19.4 Å². The zero-order valence-corrected chi connectivity index (χ0v) is 9.03. The molecule has 3 heteroatoms. The highest BCUT2D eigenvalue weighted by Crippen LogP contribution is 2.23. The Balaban J connectivity index is 2.20. The van der Waals surface area contributed by atoms with Crippen LogP contribution in [0.1, 0.15) is 31.8 Å². The van der Waals surface area contributed by atoms with Gasteiger partial charge in [-0.2, -0.15) is 0 Å². The summed E-state index contributed by atoms with van der Waals surface area (Å²) in [5.41, 5.74) is 7.30. The Kier molecular flexibility index (Phi) is 2.59. The molecule has 1 aliphatic rings. The number of nitrogens with two attached hydrogens (primary N) is 1. The molecule has 14 heavy (non-hydrogen) atoms. The molecule has 0 aliphatic carbocycles. The van der Waals surface area contributed by atoms with Gasteiger partial charge in [-0.15, -0.1) is 0 Å². The van der Waals surface area contributed by atoms with Gasteiger partial charge in [-0.1, -0.05) is 6.92 Å². The Hall–Kier alpha value is -0.830. The molecule has 2 heterocycles. The van der Waals surface area contributed by atoms with Crippen LogP contribution in [0, 0.1) is 5.92 Å². The third-order valence-corrected chi connectivity index (χ3v) is 3.28. The van der Waals surface area contributed by atoms with E-state index in [1.165, 1.54) is 17.9 Å². The summed E-state index contributed by atoms with van der Waals surface area (Å²) >= 11 is 0. The van der Waals surface area contributed by atoms with Gasteiger partial charge in [0.05, 0.1) is 0 Å². The highest BCUT2D eigenvalue weighted by atomic mass is 15.1. The molecule has 0 aromatic carbocycles. The van der Waals surface area contributed by atoms with Crippen molar-refractivity contribution in [2.45, 2.75) is 45.7 Å². The van der Waals surface area contributed by atoms with Gasteiger partial charge in [0.1, 0.15) is 5.82 Å². The molecule has 2 N–H and O–H groups in total. The summed E-state index contributed by atoms with van der Waals surface area (Å²) < 4.78 is 2.36. The van der Waals surface area contributed by atoms with Gasteiger partial charge in [-0.25, -0.2) is 4.98 Å². The van der Waals surface area contributed by atoms with Gasteiger partial charge in [0.15, 0.2) is 0 Å². The molecule has 1 aromatic heterocycles. The van der Waals surface area contributed by atoms with Crippen LogP contribution < -0.4 is 5.73 Å². The van der Waals surface area contributed by atoms with Crippen molar-refractivity contribution in [1.29, 1.82) is 0 Å². The van der Waals surface area contributed by atoms with Crippen molar-refractivity contribution in [3.05, 3.63) is 17.7 Å². The van der Waals surface area contributed by atoms with Crippen LogP contribution in [0.5, 0.6) is 0 Å². The van der Waals surface area contributed by atoms with Crippen molar-refractivity contribution >= 4 is 0 Å². The van der Waals surface area contributed by atoms with Gasteiger partial charge in [0.25, 0.3) is 0 Å². The van der Waals surface area contributed by atoms with E-state index in [0.29, 0.717) is 12.0 Å². The van der Waals surface area contributed by atoms with Crippen LogP contribution in [0.4, 0.5) is 0 Å². The molecule has 0 saturated heterocycles. The minimum Gasteiger partial charge on any atom is -0.332 e. The smallest absolute Gasteiger partial charge is 0.108 e. The van der Waals surface area contributed by atoms with Crippen molar-refractivity contribution < 1.29 is 0 Å². The lowest BCUT2D eigenvalue weighted by Gasteiger charge is -2.27. The molecule has 1 aliphatic heterocycles. The van der Waals surface area contributed by atoms with Crippen LogP contribution in [-0.4, -0.2) is 15.6 Å². The number of aryl methyl sites for hydroxylation is 1. The topological polar surface area (TPSA) is 43.8 Å². The Morgan fingerprint density at radius 3 is 3.14 bits per heavy atom. The molecule has 2 unspecified atom stereocenters. The van der Waals surface area contributed by atoms with Crippen LogP contribution in [0.2, 0.25) is 0 Å². The highest BCUT2D eigenvalue weighted by molar-refractivity contribution is 5.09. The number of hydrogen-bond donors (Lipinski definition) is 1. The van der Waals surface area contributed by atoms with Crippen molar-refractivity contribution in [2.24, 2.45) is 11.7 Å². The maximum atomic E-state index is 5.93. The van der Waals surface area contributed by atoms with E-state index >= 15 is 0 Å². The molecule has 78 valence electrons. The molecule has 0 bridgehead atoms. The predicted octanol–water partition coefficient (Wildman–Crippen LogP) is 1.36. The van der Waals surface area contributed by atoms with E-state index in [1.54, 1.807) is 0 Å². The van der Waals surface area contributed by atoms with Gasteiger partial charge in [0, 0.05) is 30.9 Å². The molecule has 2 rings (SSSR count). The number of rotatable bonds is 2. The first-order valence-electron chi connectivity index (χ1n) is 5.51. The largest absolute Gasteiger partial charge is 0.332 e. The summed E-state index contributed by atoms with van der Waals surface area (Å²) in [6.45, 7) is 5.37. The fourth-order valence-electron chi connectivity index (χ4n) is 2.29. The van der Waals surface area contributed by atoms with Crippen LogP contribution in [0.3, 0.4) is 0 Å². The number of fused-ring (bicyclic) bond motifs is 1. The minimum absolute atomic E-state index is 0.309. The summed E-state index contributed by atoms with van der Waals surface area (Å²) in [5, 5.41) is 0. The zero-order valence-electron chi connectivity index (χ0n) is 9.03. The van der Waals surface area contributed by atoms with E-state index in [0.717, 1.165) is 19.4 Å². The number of nitrogens with zero attached hydrogens (tertiary/aromatic N) is 2. The van der Waals surface area contributed by atoms with E-state index in [2.05, 4.69) is 23.4 Å². The van der Waals surface area contributed by atoms with E-state index in [-0.39, 0.29) is 0 Å². The second-order valence-corrected chi connectivity index (χ2v) is 4.28. The second kappa shape index (κ2) is 3.73. The normalized spacial score (nSPS) is 23.2. The zero-order chi connectivity index (χ0) is 10.1. The van der Waals surface area contributed by atoms with Crippen molar-refractivity contribution in [3.8, 4) is 0 Å². The molecule has 0 radical (unpaired) electrons. The fourth-order valence-corrected chi connectivity index (χ4v) is 2.29. The number of imidazole rings is 1. The predicted molar refractivity (Wildman–Crippen MR) is 57.1 cm³/mol. The third-order valence-electron chi connectivity index (χ3n) is 3.28. The Bertz CT molecular complexity index is 314. The second-order valence-electron chi connectivity index (χ2n) is 4.28. The molecular weight excluding hydrogens is 174 g/mol. The molecule has 2 atom stereocenters. The van der Waals surface area contributed by atoms with Gasteiger partial charge in [-0.05, 0) is 25.7 Å². The average Bonchev–Trinajstić information content (AvgIpc) is 2.59. The summed E-state index contributed by atoms with van der Waals surface area (Å²) in [5.74, 6) is 1.87. The number of aromatic nitrogens is 2. The summed E-state index contributed by atoms with van der Waals surface area (Å²) in [6, 6.07) is 0.309. The van der Waals surface area contributed by atoms with Crippen LogP contribution in [0.15, 0.2) is 6.20 Å². The van der Waals surface area contributed by atoms with Gasteiger partial charge in [-0.3, -0.25) is 0 Å². The number of hydrogen-bond acceptors (Lipinski definition) is 2. The third kappa shape index (κ3) is 1.57. The monoisotopic (exact) mass is 193 g/mol. The summed E-state index contributed by atoms with van der Waals surface area (Å²) in [4.78, 5) is 4.43. The van der Waals surface area contributed by atoms with E-state index < -0.39 is 0 Å². The summed E-state index contributed by atoms with van der Waals surface area (Å²) in [6.07, 6.45) is 5.36. The highest BCUT2D eigenvalue weighted by Gasteiger charge is 2.22. The van der Waals surface area contributed by atoms with Gasteiger partial charge >= 0.3 is 0 Å². The average molecular weight is 193 g/mol. The Morgan fingerprint density at radius 2 is 2.50 bits per heavy atom. The van der Waals surface area contributed by atoms with E-state index in [4.69, 9.17) is 5.73 Å². The Morgan fingerprint density at radius 1 is 1.71 bits per heavy atom. The van der Waals surface area contributed by atoms with Gasteiger partial charge < -0.3 is 10.3 Å². The molecular formula is C11H19N3. The standard InChI is InChI=1S/C11H19N3/c1-3-11-13-7-10-6-9(8(2)12)4-5-14(10)11/h7-9H,3-6,12H2,1-2H3. The Labute approximate surface area is 85.3 Å². The van der Waals surface area contributed by atoms with Crippen LogP contribution in [0.25, 0.3) is 0 Å². The van der Waals surface area contributed by atoms with E-state index in [9.17, 15) is 0 Å². The fraction of sp³-hybridized carbons (Fsp3) is 0.727. The molecule has 0 spiro atoms. The summed E-state index contributed by atoms with van der Waals surface area (Å²) in [7, 11) is 0. The first kappa shape index (κ1) is 9.71. The first-order chi connectivity index (χ1) is 6.72. The SMILES string of the molecule is CCc1ncc2n1CCC(C(C)N)C2. The lowest BCUT2D eigenvalue weighted by molar-refractivity contribution is 0.339. The van der Waals surface area contributed by atoms with Gasteiger partial charge in [0.2, 0.25) is 0 Å². The van der Waals surface area contributed by atoms with Crippen molar-refractivity contribution in [2.75, 3.05) is 0 Å². The molecule has 1 aromatic rings.